The number of benzene rings is 1. The molecule has 0 saturated carbocycles. The standard InChI is InChI=1S/C13H18N4OS/c1-2-8-17-12(18)15-16-13(17)19-9-7-10-5-3-4-6-11(10)14/h3-6H,2,7-9,14H2,1H3,(H,15,18). The summed E-state index contributed by atoms with van der Waals surface area (Å²) in [4.78, 5) is 11.5. The summed E-state index contributed by atoms with van der Waals surface area (Å²) in [5, 5.41) is 7.29. The summed E-state index contributed by atoms with van der Waals surface area (Å²) in [6, 6.07) is 7.84. The van der Waals surface area contributed by atoms with Gasteiger partial charge in [0.25, 0.3) is 0 Å². The zero-order valence-corrected chi connectivity index (χ0v) is 11.7. The molecule has 0 amide bonds. The monoisotopic (exact) mass is 278 g/mol. The molecule has 0 spiro atoms. The van der Waals surface area contributed by atoms with Gasteiger partial charge in [0.1, 0.15) is 0 Å². The molecule has 1 aromatic carbocycles. The Balaban J connectivity index is 1.96. The summed E-state index contributed by atoms with van der Waals surface area (Å²) in [5.41, 5.74) is 7.71. The first-order valence-electron chi connectivity index (χ1n) is 6.33. The lowest BCUT2D eigenvalue weighted by molar-refractivity contribution is 0.604. The van der Waals surface area contributed by atoms with Crippen LogP contribution in [0.2, 0.25) is 0 Å². The third-order valence-electron chi connectivity index (χ3n) is 2.83. The van der Waals surface area contributed by atoms with E-state index in [9.17, 15) is 4.79 Å². The number of rotatable bonds is 6. The second-order valence-electron chi connectivity index (χ2n) is 4.26. The molecular formula is C13H18N4OS. The van der Waals surface area contributed by atoms with Crippen LogP contribution in [0.3, 0.4) is 0 Å². The Kier molecular flexibility index (Phi) is 4.68. The van der Waals surface area contributed by atoms with Gasteiger partial charge in [-0.25, -0.2) is 9.89 Å². The molecule has 0 aliphatic carbocycles. The fourth-order valence-electron chi connectivity index (χ4n) is 1.85. The van der Waals surface area contributed by atoms with Crippen molar-refractivity contribution in [1.29, 1.82) is 0 Å². The van der Waals surface area contributed by atoms with Gasteiger partial charge in [-0.3, -0.25) is 4.57 Å². The number of hydrogen-bond donors (Lipinski definition) is 2. The third kappa shape index (κ3) is 3.41. The molecule has 0 radical (unpaired) electrons. The number of nitrogen functional groups attached to an aromatic ring is 1. The Hall–Kier alpha value is -1.69. The molecule has 1 heterocycles. The highest BCUT2D eigenvalue weighted by atomic mass is 32.2. The number of nitrogens with two attached hydrogens (primary N) is 1. The zero-order valence-electron chi connectivity index (χ0n) is 10.9. The largest absolute Gasteiger partial charge is 0.399 e. The Bertz CT molecular complexity index is 590. The average Bonchev–Trinajstić information content (AvgIpc) is 2.74. The minimum absolute atomic E-state index is 0.136. The van der Waals surface area contributed by atoms with Crippen molar-refractivity contribution in [3.63, 3.8) is 0 Å². The number of aryl methyl sites for hydroxylation is 1. The average molecular weight is 278 g/mol. The van der Waals surface area contributed by atoms with Crippen LogP contribution in [0.25, 0.3) is 0 Å². The molecule has 5 nitrogen and oxygen atoms in total. The molecule has 0 unspecified atom stereocenters. The number of nitrogens with zero attached hydrogens (tertiary/aromatic N) is 2. The zero-order chi connectivity index (χ0) is 13.7. The minimum Gasteiger partial charge on any atom is -0.399 e. The lowest BCUT2D eigenvalue weighted by Gasteiger charge is -2.05. The van der Waals surface area contributed by atoms with Gasteiger partial charge in [-0.2, -0.15) is 0 Å². The molecule has 0 fully saturated rings. The molecule has 1 aromatic heterocycles. The van der Waals surface area contributed by atoms with Crippen LogP contribution < -0.4 is 11.4 Å². The van der Waals surface area contributed by atoms with Crippen molar-refractivity contribution in [2.75, 3.05) is 11.5 Å². The number of nitrogens with one attached hydrogen (secondary N) is 1. The summed E-state index contributed by atoms with van der Waals surface area (Å²) in [6.45, 7) is 2.74. The van der Waals surface area contributed by atoms with Crippen LogP contribution in [0.1, 0.15) is 18.9 Å². The molecule has 0 saturated heterocycles. The highest BCUT2D eigenvalue weighted by Crippen LogP contribution is 2.18. The summed E-state index contributed by atoms with van der Waals surface area (Å²) in [5.74, 6) is 0.849. The van der Waals surface area contributed by atoms with E-state index in [1.165, 1.54) is 0 Å². The first-order chi connectivity index (χ1) is 9.22. The number of H-pyrrole nitrogens is 1. The van der Waals surface area contributed by atoms with E-state index in [2.05, 4.69) is 10.2 Å². The van der Waals surface area contributed by atoms with E-state index in [1.54, 1.807) is 16.3 Å². The predicted octanol–water partition coefficient (Wildman–Crippen LogP) is 1.90. The van der Waals surface area contributed by atoms with E-state index in [-0.39, 0.29) is 5.69 Å². The van der Waals surface area contributed by atoms with Crippen molar-refractivity contribution in [3.8, 4) is 0 Å². The lowest BCUT2D eigenvalue weighted by atomic mass is 10.1. The maximum atomic E-state index is 11.5. The second-order valence-corrected chi connectivity index (χ2v) is 5.32. The van der Waals surface area contributed by atoms with E-state index >= 15 is 0 Å². The van der Waals surface area contributed by atoms with Crippen LogP contribution in [-0.4, -0.2) is 20.5 Å². The van der Waals surface area contributed by atoms with Crippen LogP contribution in [0.4, 0.5) is 5.69 Å². The number of aromatic amines is 1. The van der Waals surface area contributed by atoms with E-state index < -0.39 is 0 Å². The van der Waals surface area contributed by atoms with Crippen molar-refractivity contribution in [2.45, 2.75) is 31.5 Å². The molecule has 6 heteroatoms. The minimum atomic E-state index is -0.136. The normalized spacial score (nSPS) is 10.8. The lowest BCUT2D eigenvalue weighted by Crippen LogP contribution is -2.17. The molecule has 0 bridgehead atoms. The van der Waals surface area contributed by atoms with Gasteiger partial charge < -0.3 is 5.73 Å². The molecule has 3 N–H and O–H groups in total. The highest BCUT2D eigenvalue weighted by molar-refractivity contribution is 7.99. The van der Waals surface area contributed by atoms with Crippen LogP contribution in [0, 0.1) is 0 Å². The molecule has 0 aliphatic rings. The smallest absolute Gasteiger partial charge is 0.343 e. The van der Waals surface area contributed by atoms with Crippen molar-refractivity contribution in [2.24, 2.45) is 0 Å². The molecule has 19 heavy (non-hydrogen) atoms. The van der Waals surface area contributed by atoms with Gasteiger partial charge in [0.15, 0.2) is 5.16 Å². The van der Waals surface area contributed by atoms with Gasteiger partial charge in [-0.1, -0.05) is 36.9 Å². The number of hydrogen-bond acceptors (Lipinski definition) is 4. The highest BCUT2D eigenvalue weighted by Gasteiger charge is 2.08. The van der Waals surface area contributed by atoms with Gasteiger partial charge in [0, 0.05) is 18.0 Å². The topological polar surface area (TPSA) is 76.7 Å². The maximum Gasteiger partial charge on any atom is 0.343 e. The van der Waals surface area contributed by atoms with E-state index in [0.717, 1.165) is 35.0 Å². The molecule has 2 aromatic rings. The van der Waals surface area contributed by atoms with Crippen LogP contribution in [0.15, 0.2) is 34.2 Å². The summed E-state index contributed by atoms with van der Waals surface area (Å²) in [7, 11) is 0. The Labute approximate surface area is 116 Å². The van der Waals surface area contributed by atoms with E-state index in [4.69, 9.17) is 5.73 Å². The fourth-order valence-corrected chi connectivity index (χ4v) is 2.79. The second kappa shape index (κ2) is 6.47. The number of para-hydroxylation sites is 1. The van der Waals surface area contributed by atoms with Crippen molar-refractivity contribution >= 4 is 17.4 Å². The summed E-state index contributed by atoms with van der Waals surface area (Å²) >= 11 is 1.58. The molecule has 102 valence electrons. The van der Waals surface area contributed by atoms with Gasteiger partial charge in [0.2, 0.25) is 0 Å². The first-order valence-corrected chi connectivity index (χ1v) is 7.32. The van der Waals surface area contributed by atoms with Crippen molar-refractivity contribution < 1.29 is 0 Å². The fraction of sp³-hybridized carbons (Fsp3) is 0.385. The van der Waals surface area contributed by atoms with Gasteiger partial charge in [0.05, 0.1) is 0 Å². The quantitative estimate of drug-likeness (QED) is 0.625. The SMILES string of the molecule is CCCn1c(SCCc2ccccc2N)n[nH]c1=O. The number of aromatic nitrogens is 3. The first kappa shape index (κ1) is 13.7. The van der Waals surface area contributed by atoms with Gasteiger partial charge in [-0.05, 0) is 24.5 Å². The van der Waals surface area contributed by atoms with E-state index in [1.807, 2.05) is 31.2 Å². The van der Waals surface area contributed by atoms with Crippen molar-refractivity contribution in [3.05, 3.63) is 40.3 Å². The Morgan fingerprint density at radius 3 is 2.95 bits per heavy atom. The van der Waals surface area contributed by atoms with Crippen LogP contribution in [0.5, 0.6) is 0 Å². The number of anilines is 1. The Morgan fingerprint density at radius 2 is 2.21 bits per heavy atom. The van der Waals surface area contributed by atoms with Crippen LogP contribution >= 0.6 is 11.8 Å². The van der Waals surface area contributed by atoms with Crippen molar-refractivity contribution in [1.82, 2.24) is 14.8 Å². The predicted molar refractivity (Wildman–Crippen MR) is 78.4 cm³/mol. The molecule has 0 atom stereocenters. The summed E-state index contributed by atoms with van der Waals surface area (Å²) in [6.07, 6.45) is 1.78. The molecule has 0 aliphatic heterocycles. The molecule has 2 rings (SSSR count). The summed E-state index contributed by atoms with van der Waals surface area (Å²) < 4.78 is 1.68. The van der Waals surface area contributed by atoms with E-state index in [0.29, 0.717) is 6.54 Å². The molecular weight excluding hydrogens is 260 g/mol. The number of thioether (sulfide) groups is 1. The van der Waals surface area contributed by atoms with Gasteiger partial charge >= 0.3 is 5.69 Å². The maximum absolute atomic E-state index is 11.5. The van der Waals surface area contributed by atoms with Gasteiger partial charge in [-0.15, -0.1) is 5.10 Å². The van der Waals surface area contributed by atoms with Crippen LogP contribution in [-0.2, 0) is 13.0 Å². The Morgan fingerprint density at radius 1 is 1.42 bits per heavy atom. The third-order valence-corrected chi connectivity index (χ3v) is 3.81.